The topological polar surface area (TPSA) is 42.4 Å². The Morgan fingerprint density at radius 3 is 2.18 bits per heavy atom. The lowest BCUT2D eigenvalue weighted by Crippen LogP contribution is -2.05. The van der Waals surface area contributed by atoms with Crippen LogP contribution in [-0.4, -0.2) is 17.2 Å². The first-order valence-electron chi connectivity index (χ1n) is 7.12. The largest absolute Gasteiger partial charge is 0.506 e. The van der Waals surface area contributed by atoms with Gasteiger partial charge in [-0.15, -0.1) is 0 Å². The van der Waals surface area contributed by atoms with Crippen molar-refractivity contribution in [3.8, 4) is 11.5 Å². The lowest BCUT2D eigenvalue weighted by Gasteiger charge is -2.19. The minimum Gasteiger partial charge on any atom is -0.506 e. The lowest BCUT2D eigenvalue weighted by molar-refractivity contribution is 0.414. The summed E-state index contributed by atoms with van der Waals surface area (Å²) in [5.41, 5.74) is 2.79. The van der Waals surface area contributed by atoms with Gasteiger partial charge in [-0.2, -0.15) is 0 Å². The second-order valence-corrected chi connectivity index (χ2v) is 5.02. The van der Waals surface area contributed by atoms with Gasteiger partial charge in [0.2, 0.25) is 0 Å². The van der Waals surface area contributed by atoms with Crippen molar-refractivity contribution in [2.75, 3.05) is 7.11 Å². The molecule has 0 bridgehead atoms. The maximum absolute atomic E-state index is 10.2. The number of hydrogen-bond acceptors (Lipinski definition) is 3. The van der Waals surface area contributed by atoms with E-state index < -0.39 is 0 Å². The summed E-state index contributed by atoms with van der Waals surface area (Å²) in [6.45, 7) is 0. The Morgan fingerprint density at radius 1 is 0.864 bits per heavy atom. The van der Waals surface area contributed by atoms with Crippen LogP contribution in [0.1, 0.15) is 22.7 Å². The molecule has 0 spiro atoms. The zero-order valence-corrected chi connectivity index (χ0v) is 12.3. The predicted octanol–water partition coefficient (Wildman–Crippen LogP) is 3.98. The van der Waals surface area contributed by atoms with Gasteiger partial charge in [0.15, 0.2) is 0 Å². The van der Waals surface area contributed by atoms with E-state index >= 15 is 0 Å². The van der Waals surface area contributed by atoms with Gasteiger partial charge < -0.3 is 9.84 Å². The zero-order chi connectivity index (χ0) is 15.4. The molecule has 1 heterocycles. The number of methoxy groups -OCH3 is 1. The first-order chi connectivity index (χ1) is 10.8. The number of aromatic nitrogens is 1. The molecule has 3 heteroatoms. The second kappa shape index (κ2) is 6.31. The van der Waals surface area contributed by atoms with Gasteiger partial charge in [0.25, 0.3) is 0 Å². The Morgan fingerprint density at radius 2 is 1.55 bits per heavy atom. The van der Waals surface area contributed by atoms with Crippen molar-refractivity contribution in [2.45, 2.75) is 5.92 Å². The summed E-state index contributed by atoms with van der Waals surface area (Å²) in [5.74, 6) is 0.890. The number of ether oxygens (including phenoxy) is 1. The van der Waals surface area contributed by atoms with Crippen LogP contribution in [0.5, 0.6) is 11.5 Å². The number of nitrogens with zero attached hydrogens (tertiary/aromatic N) is 1. The molecule has 3 rings (SSSR count). The van der Waals surface area contributed by atoms with E-state index in [-0.39, 0.29) is 11.7 Å². The molecule has 3 aromatic rings. The van der Waals surface area contributed by atoms with Crippen molar-refractivity contribution in [1.29, 1.82) is 0 Å². The van der Waals surface area contributed by atoms with E-state index in [1.807, 2.05) is 54.6 Å². The lowest BCUT2D eigenvalue weighted by atomic mass is 9.87. The molecule has 0 aliphatic carbocycles. The molecule has 0 saturated carbocycles. The summed E-state index contributed by atoms with van der Waals surface area (Å²) in [5, 5.41) is 10.2. The summed E-state index contributed by atoms with van der Waals surface area (Å²) in [6, 6.07) is 21.3. The Bertz CT molecular complexity index is 739. The van der Waals surface area contributed by atoms with Gasteiger partial charge in [-0.3, -0.25) is 4.98 Å². The summed E-state index contributed by atoms with van der Waals surface area (Å²) in [7, 11) is 1.65. The molecule has 0 aliphatic rings. The van der Waals surface area contributed by atoms with Crippen molar-refractivity contribution in [2.24, 2.45) is 0 Å². The summed E-state index contributed by atoms with van der Waals surface area (Å²) < 4.78 is 5.22. The SMILES string of the molecule is COc1ccc([C@H](c2ccccc2)c2ncccc2O)cc1. The predicted molar refractivity (Wildman–Crippen MR) is 86.3 cm³/mol. The number of pyridine rings is 1. The molecule has 0 radical (unpaired) electrons. The number of benzene rings is 2. The second-order valence-electron chi connectivity index (χ2n) is 5.02. The van der Waals surface area contributed by atoms with Gasteiger partial charge in [-0.1, -0.05) is 42.5 Å². The molecule has 0 aliphatic heterocycles. The third-order valence-electron chi connectivity index (χ3n) is 3.67. The number of aromatic hydroxyl groups is 1. The summed E-state index contributed by atoms with van der Waals surface area (Å²) in [6.07, 6.45) is 1.70. The van der Waals surface area contributed by atoms with E-state index in [2.05, 4.69) is 4.98 Å². The molecule has 1 N–H and O–H groups in total. The summed E-state index contributed by atoms with van der Waals surface area (Å²) in [4.78, 5) is 4.39. The van der Waals surface area contributed by atoms with Crippen LogP contribution in [0.2, 0.25) is 0 Å². The van der Waals surface area contributed by atoms with Crippen molar-refractivity contribution in [3.05, 3.63) is 89.7 Å². The van der Waals surface area contributed by atoms with Gasteiger partial charge in [0.1, 0.15) is 11.5 Å². The van der Waals surface area contributed by atoms with Gasteiger partial charge in [0.05, 0.1) is 18.7 Å². The maximum Gasteiger partial charge on any atom is 0.138 e. The molecule has 22 heavy (non-hydrogen) atoms. The fraction of sp³-hybridized carbons (Fsp3) is 0.105. The highest BCUT2D eigenvalue weighted by atomic mass is 16.5. The van der Waals surface area contributed by atoms with E-state index in [4.69, 9.17) is 4.74 Å². The molecule has 0 amide bonds. The van der Waals surface area contributed by atoms with Crippen LogP contribution >= 0.6 is 0 Å². The molecule has 110 valence electrons. The molecule has 0 fully saturated rings. The molecule has 3 nitrogen and oxygen atoms in total. The average molecular weight is 291 g/mol. The number of rotatable bonds is 4. The van der Waals surface area contributed by atoms with Crippen LogP contribution in [0.25, 0.3) is 0 Å². The maximum atomic E-state index is 10.2. The Labute approximate surface area is 129 Å². The van der Waals surface area contributed by atoms with Gasteiger partial charge in [-0.05, 0) is 35.4 Å². The van der Waals surface area contributed by atoms with Crippen LogP contribution in [0.3, 0.4) is 0 Å². The molecular formula is C19H17NO2. The fourth-order valence-corrected chi connectivity index (χ4v) is 2.58. The van der Waals surface area contributed by atoms with E-state index in [1.165, 1.54) is 0 Å². The molecule has 0 unspecified atom stereocenters. The van der Waals surface area contributed by atoms with Crippen LogP contribution < -0.4 is 4.74 Å². The Balaban J connectivity index is 2.12. The fourth-order valence-electron chi connectivity index (χ4n) is 2.58. The van der Waals surface area contributed by atoms with Crippen molar-refractivity contribution in [1.82, 2.24) is 4.98 Å². The third kappa shape index (κ3) is 2.79. The number of hydrogen-bond donors (Lipinski definition) is 1. The zero-order valence-electron chi connectivity index (χ0n) is 12.3. The Kier molecular flexibility index (Phi) is 4.05. The highest BCUT2D eigenvalue weighted by Gasteiger charge is 2.21. The van der Waals surface area contributed by atoms with E-state index in [9.17, 15) is 5.11 Å². The quantitative estimate of drug-likeness (QED) is 0.790. The molecule has 2 aromatic carbocycles. The minimum absolute atomic E-state index is 0.117. The smallest absolute Gasteiger partial charge is 0.138 e. The van der Waals surface area contributed by atoms with Crippen LogP contribution in [0.15, 0.2) is 72.9 Å². The van der Waals surface area contributed by atoms with E-state index in [1.54, 1.807) is 25.4 Å². The van der Waals surface area contributed by atoms with Crippen LogP contribution in [0.4, 0.5) is 0 Å². The van der Waals surface area contributed by atoms with Crippen LogP contribution in [-0.2, 0) is 0 Å². The molecule has 1 atom stereocenters. The normalized spacial score (nSPS) is 11.9. The first-order valence-corrected chi connectivity index (χ1v) is 7.12. The summed E-state index contributed by atoms with van der Waals surface area (Å²) >= 11 is 0. The van der Waals surface area contributed by atoms with Gasteiger partial charge in [0, 0.05) is 6.20 Å². The third-order valence-corrected chi connectivity index (χ3v) is 3.67. The Hall–Kier alpha value is -2.81. The van der Waals surface area contributed by atoms with E-state index in [0.717, 1.165) is 16.9 Å². The van der Waals surface area contributed by atoms with Crippen molar-refractivity contribution < 1.29 is 9.84 Å². The van der Waals surface area contributed by atoms with Gasteiger partial charge in [-0.25, -0.2) is 0 Å². The first kappa shape index (κ1) is 14.1. The van der Waals surface area contributed by atoms with Crippen molar-refractivity contribution >= 4 is 0 Å². The standard InChI is InChI=1S/C19H17NO2/c1-22-16-11-9-15(10-12-16)18(14-6-3-2-4-7-14)19-17(21)8-5-13-20-19/h2-13,18,21H,1H3/t18-/m0/s1. The van der Waals surface area contributed by atoms with Gasteiger partial charge >= 0.3 is 0 Å². The molecule has 0 saturated heterocycles. The van der Waals surface area contributed by atoms with E-state index in [0.29, 0.717) is 5.69 Å². The molecular weight excluding hydrogens is 274 g/mol. The van der Waals surface area contributed by atoms with Crippen LogP contribution in [0, 0.1) is 0 Å². The monoisotopic (exact) mass is 291 g/mol. The minimum atomic E-state index is -0.117. The average Bonchev–Trinajstić information content (AvgIpc) is 2.58. The highest BCUT2D eigenvalue weighted by Crippen LogP contribution is 2.35. The highest BCUT2D eigenvalue weighted by molar-refractivity contribution is 5.46. The molecule has 1 aromatic heterocycles. The van der Waals surface area contributed by atoms with Crippen molar-refractivity contribution in [3.63, 3.8) is 0 Å².